The number of nitrogens with one attached hydrogen (secondary N) is 1. The standard InChI is InChI=1S/C21H21N5O2/c1-12(2)26-20-18(11-23-26)17(21(27)24-15-6-5-7-22-10-15)9-19(25-20)16-8-13(3)28-14(16)4/h5-12H,1-4H3,(H,24,27). The summed E-state index contributed by atoms with van der Waals surface area (Å²) in [4.78, 5) is 21.9. The van der Waals surface area contributed by atoms with Crippen LogP contribution in [0.25, 0.3) is 22.3 Å². The number of hydrogen-bond donors (Lipinski definition) is 1. The third-order valence-electron chi connectivity index (χ3n) is 4.54. The lowest BCUT2D eigenvalue weighted by molar-refractivity contribution is 0.102. The van der Waals surface area contributed by atoms with E-state index >= 15 is 0 Å². The first kappa shape index (κ1) is 17.9. The van der Waals surface area contributed by atoms with Crippen LogP contribution in [0.5, 0.6) is 0 Å². The van der Waals surface area contributed by atoms with E-state index < -0.39 is 0 Å². The molecule has 7 nitrogen and oxygen atoms in total. The fraction of sp³-hybridized carbons (Fsp3) is 0.238. The summed E-state index contributed by atoms with van der Waals surface area (Å²) in [5, 5.41) is 8.05. The summed E-state index contributed by atoms with van der Waals surface area (Å²) in [7, 11) is 0. The summed E-state index contributed by atoms with van der Waals surface area (Å²) in [6.45, 7) is 7.85. The third kappa shape index (κ3) is 3.15. The summed E-state index contributed by atoms with van der Waals surface area (Å²) in [6, 6.07) is 7.41. The molecule has 0 aromatic carbocycles. The van der Waals surface area contributed by atoms with Gasteiger partial charge in [0, 0.05) is 17.8 Å². The van der Waals surface area contributed by atoms with Gasteiger partial charge in [-0.25, -0.2) is 9.67 Å². The van der Waals surface area contributed by atoms with Gasteiger partial charge in [0.15, 0.2) is 5.65 Å². The van der Waals surface area contributed by atoms with Crippen LogP contribution in [0.1, 0.15) is 41.8 Å². The molecule has 4 heterocycles. The normalized spacial score (nSPS) is 11.3. The van der Waals surface area contributed by atoms with Crippen molar-refractivity contribution in [2.45, 2.75) is 33.7 Å². The predicted molar refractivity (Wildman–Crippen MR) is 107 cm³/mol. The molecule has 0 saturated carbocycles. The average molecular weight is 375 g/mol. The van der Waals surface area contributed by atoms with Gasteiger partial charge in [-0.1, -0.05) is 0 Å². The zero-order valence-electron chi connectivity index (χ0n) is 16.2. The fourth-order valence-electron chi connectivity index (χ4n) is 3.24. The number of furan rings is 1. The molecule has 0 aliphatic carbocycles. The maximum atomic E-state index is 13.1. The summed E-state index contributed by atoms with van der Waals surface area (Å²) in [5.74, 6) is 1.33. The summed E-state index contributed by atoms with van der Waals surface area (Å²) in [6.07, 6.45) is 4.96. The molecular weight excluding hydrogens is 354 g/mol. The van der Waals surface area contributed by atoms with E-state index in [9.17, 15) is 4.79 Å². The van der Waals surface area contributed by atoms with Gasteiger partial charge in [-0.3, -0.25) is 9.78 Å². The van der Waals surface area contributed by atoms with Gasteiger partial charge in [0.2, 0.25) is 0 Å². The predicted octanol–water partition coefficient (Wildman–Crippen LogP) is 4.54. The summed E-state index contributed by atoms with van der Waals surface area (Å²) < 4.78 is 7.49. The first-order chi connectivity index (χ1) is 13.4. The number of pyridine rings is 2. The lowest BCUT2D eigenvalue weighted by Gasteiger charge is -2.10. The van der Waals surface area contributed by atoms with Crippen molar-refractivity contribution in [3.05, 3.63) is 59.9 Å². The third-order valence-corrected chi connectivity index (χ3v) is 4.54. The number of amides is 1. The van der Waals surface area contributed by atoms with E-state index in [1.54, 1.807) is 36.8 Å². The lowest BCUT2D eigenvalue weighted by Crippen LogP contribution is -2.13. The number of nitrogens with zero attached hydrogens (tertiary/aromatic N) is 4. The molecule has 0 fully saturated rings. The van der Waals surface area contributed by atoms with Crippen molar-refractivity contribution < 1.29 is 9.21 Å². The summed E-state index contributed by atoms with van der Waals surface area (Å²) in [5.41, 5.74) is 3.36. The van der Waals surface area contributed by atoms with Gasteiger partial charge in [0.25, 0.3) is 5.91 Å². The highest BCUT2D eigenvalue weighted by Crippen LogP contribution is 2.30. The Balaban J connectivity index is 1.89. The van der Waals surface area contributed by atoms with Crippen molar-refractivity contribution >= 4 is 22.6 Å². The molecule has 4 aromatic rings. The van der Waals surface area contributed by atoms with Crippen LogP contribution in [0, 0.1) is 13.8 Å². The fourth-order valence-corrected chi connectivity index (χ4v) is 3.24. The van der Waals surface area contributed by atoms with Crippen molar-refractivity contribution in [3.8, 4) is 11.3 Å². The smallest absolute Gasteiger partial charge is 0.256 e. The van der Waals surface area contributed by atoms with Crippen LogP contribution < -0.4 is 5.32 Å². The molecule has 0 aliphatic rings. The van der Waals surface area contributed by atoms with E-state index in [4.69, 9.17) is 9.40 Å². The first-order valence-electron chi connectivity index (χ1n) is 9.11. The Morgan fingerprint density at radius 2 is 2.04 bits per heavy atom. The Morgan fingerprint density at radius 3 is 2.68 bits per heavy atom. The number of aryl methyl sites for hydroxylation is 2. The van der Waals surface area contributed by atoms with Gasteiger partial charge in [-0.15, -0.1) is 0 Å². The van der Waals surface area contributed by atoms with Gasteiger partial charge in [-0.05, 0) is 52.0 Å². The van der Waals surface area contributed by atoms with Crippen LogP contribution in [-0.2, 0) is 0 Å². The largest absolute Gasteiger partial charge is 0.466 e. The first-order valence-corrected chi connectivity index (χ1v) is 9.11. The van der Waals surface area contributed by atoms with E-state index in [0.717, 1.165) is 17.1 Å². The molecule has 0 radical (unpaired) electrons. The Labute approximate surface area is 162 Å². The Hall–Kier alpha value is -3.48. The monoisotopic (exact) mass is 375 g/mol. The Kier molecular flexibility index (Phi) is 4.43. The second-order valence-electron chi connectivity index (χ2n) is 7.00. The topological polar surface area (TPSA) is 85.8 Å². The lowest BCUT2D eigenvalue weighted by atomic mass is 10.1. The van der Waals surface area contributed by atoms with Gasteiger partial charge < -0.3 is 9.73 Å². The highest BCUT2D eigenvalue weighted by molar-refractivity contribution is 6.12. The number of fused-ring (bicyclic) bond motifs is 1. The van der Waals surface area contributed by atoms with E-state index in [1.807, 2.05) is 38.4 Å². The van der Waals surface area contributed by atoms with Gasteiger partial charge in [-0.2, -0.15) is 5.10 Å². The minimum atomic E-state index is -0.233. The number of carbonyl (C=O) groups is 1. The zero-order chi connectivity index (χ0) is 19.8. The summed E-state index contributed by atoms with van der Waals surface area (Å²) >= 11 is 0. The van der Waals surface area contributed by atoms with E-state index in [2.05, 4.69) is 15.4 Å². The minimum Gasteiger partial charge on any atom is -0.466 e. The quantitative estimate of drug-likeness (QED) is 0.566. The van der Waals surface area contributed by atoms with Crippen molar-refractivity contribution in [1.82, 2.24) is 19.7 Å². The average Bonchev–Trinajstić information content (AvgIpc) is 3.24. The van der Waals surface area contributed by atoms with Crippen molar-refractivity contribution in [3.63, 3.8) is 0 Å². The molecular formula is C21H21N5O2. The van der Waals surface area contributed by atoms with Crippen LogP contribution in [0.2, 0.25) is 0 Å². The molecule has 7 heteroatoms. The van der Waals surface area contributed by atoms with Crippen molar-refractivity contribution in [2.24, 2.45) is 0 Å². The van der Waals surface area contributed by atoms with Crippen LogP contribution in [-0.4, -0.2) is 25.7 Å². The molecule has 1 amide bonds. The molecule has 0 atom stereocenters. The molecule has 0 saturated heterocycles. The van der Waals surface area contributed by atoms with E-state index in [1.165, 1.54) is 0 Å². The van der Waals surface area contributed by atoms with Crippen LogP contribution >= 0.6 is 0 Å². The molecule has 1 N–H and O–H groups in total. The van der Waals surface area contributed by atoms with Crippen molar-refractivity contribution in [1.29, 1.82) is 0 Å². The molecule has 142 valence electrons. The van der Waals surface area contributed by atoms with Crippen LogP contribution in [0.15, 0.2) is 47.3 Å². The second-order valence-corrected chi connectivity index (χ2v) is 7.00. The SMILES string of the molecule is Cc1cc(-c2cc(C(=O)Nc3cccnc3)c3cnn(C(C)C)c3n2)c(C)o1. The van der Waals surface area contributed by atoms with Crippen molar-refractivity contribution in [2.75, 3.05) is 5.32 Å². The van der Waals surface area contributed by atoms with E-state index in [0.29, 0.717) is 28.0 Å². The van der Waals surface area contributed by atoms with Gasteiger partial charge in [0.05, 0.1) is 34.7 Å². The maximum Gasteiger partial charge on any atom is 0.256 e. The number of carbonyl (C=O) groups excluding carboxylic acids is 1. The highest BCUT2D eigenvalue weighted by Gasteiger charge is 2.20. The van der Waals surface area contributed by atoms with Gasteiger partial charge >= 0.3 is 0 Å². The molecule has 0 unspecified atom stereocenters. The molecule has 0 aliphatic heterocycles. The molecule has 4 rings (SSSR count). The molecule has 0 bridgehead atoms. The number of rotatable bonds is 4. The molecule has 0 spiro atoms. The minimum absolute atomic E-state index is 0.113. The number of aromatic nitrogens is 4. The van der Waals surface area contributed by atoms with Crippen LogP contribution in [0.3, 0.4) is 0 Å². The van der Waals surface area contributed by atoms with E-state index in [-0.39, 0.29) is 11.9 Å². The number of anilines is 1. The molecule has 4 aromatic heterocycles. The Morgan fingerprint density at radius 1 is 1.21 bits per heavy atom. The maximum absolute atomic E-state index is 13.1. The number of hydrogen-bond acceptors (Lipinski definition) is 5. The Bertz CT molecular complexity index is 1160. The molecule has 28 heavy (non-hydrogen) atoms. The van der Waals surface area contributed by atoms with Crippen LogP contribution in [0.4, 0.5) is 5.69 Å². The zero-order valence-corrected chi connectivity index (χ0v) is 16.2. The highest BCUT2D eigenvalue weighted by atomic mass is 16.3. The van der Waals surface area contributed by atoms with Gasteiger partial charge in [0.1, 0.15) is 11.5 Å². The second kappa shape index (κ2) is 6.92.